The van der Waals surface area contributed by atoms with Crippen molar-refractivity contribution in [1.29, 1.82) is 0 Å². The van der Waals surface area contributed by atoms with Crippen LogP contribution in [0.1, 0.15) is 13.8 Å². The zero-order chi connectivity index (χ0) is 13.7. The van der Waals surface area contributed by atoms with Gasteiger partial charge in [0.1, 0.15) is 0 Å². The van der Waals surface area contributed by atoms with Crippen molar-refractivity contribution in [1.82, 2.24) is 0 Å². The van der Waals surface area contributed by atoms with Crippen LogP contribution in [0.3, 0.4) is 0 Å². The summed E-state index contributed by atoms with van der Waals surface area (Å²) in [5.74, 6) is 0. The van der Waals surface area contributed by atoms with Gasteiger partial charge in [-0.25, -0.2) is 0 Å². The molecule has 0 heterocycles. The molecule has 3 heteroatoms. The maximum absolute atomic E-state index is 2.68. The second-order valence-electron chi connectivity index (χ2n) is 6.22. The molecule has 0 N–H and O–H groups in total. The normalized spacial score (nSPS) is 10.5. The van der Waals surface area contributed by atoms with Crippen LogP contribution in [0.4, 0.5) is 11.4 Å². The first-order chi connectivity index (χ1) is 9.21. The number of rotatable bonds is 5. The molecule has 0 aliphatic carbocycles. The molecule has 2 aromatic carbocycles. The van der Waals surface area contributed by atoms with Crippen LogP contribution in [0.15, 0.2) is 60.7 Å². The van der Waals surface area contributed by atoms with Gasteiger partial charge in [-0.2, -0.15) is 0 Å². The summed E-state index contributed by atoms with van der Waals surface area (Å²) in [6.07, 6.45) is 0. The van der Waals surface area contributed by atoms with Crippen LogP contribution in [-0.2, 0) is 12.6 Å². The molecule has 0 aliphatic rings. The third-order valence-corrected chi connectivity index (χ3v) is 18.8. The summed E-state index contributed by atoms with van der Waals surface area (Å²) in [4.78, 5) is 0. The van der Waals surface area contributed by atoms with Gasteiger partial charge in [0.05, 0.1) is 0 Å². The first kappa shape index (κ1) is 14.9. The predicted octanol–water partition coefficient (Wildman–Crippen LogP) is 4.85. The average Bonchev–Trinajstić information content (AvgIpc) is 2.49. The van der Waals surface area contributed by atoms with Crippen LogP contribution in [0.2, 0.25) is 10.0 Å². The Bertz CT molecular complexity index is 457. The van der Waals surface area contributed by atoms with Gasteiger partial charge >= 0.3 is 127 Å². The molecule has 2 rings (SSSR count). The number of nitrogens with zero attached hydrogens (tertiary/aromatic N) is 1. The van der Waals surface area contributed by atoms with Crippen molar-refractivity contribution >= 4 is 26.6 Å². The summed E-state index contributed by atoms with van der Waals surface area (Å²) >= 11 is 0.154. The molecule has 0 atom stereocenters. The zero-order valence-electron chi connectivity index (χ0n) is 12.3. The van der Waals surface area contributed by atoms with E-state index in [0.717, 1.165) is 0 Å². The Labute approximate surface area is 127 Å². The predicted molar refractivity (Wildman–Crippen MR) is 81.7 cm³/mol. The molecule has 0 saturated carbocycles. The molecular weight excluding hydrogens is 279 g/mol. The van der Waals surface area contributed by atoms with Crippen molar-refractivity contribution < 1.29 is 12.6 Å². The first-order valence-electron chi connectivity index (χ1n) is 7.71. The molecule has 0 bridgehead atoms. The third-order valence-electron chi connectivity index (χ3n) is 5.05. The quantitative estimate of drug-likeness (QED) is 0.713. The van der Waals surface area contributed by atoms with Crippen molar-refractivity contribution in [2.45, 2.75) is 23.9 Å². The maximum atomic E-state index is 2.68. The van der Waals surface area contributed by atoms with E-state index in [-0.39, 0.29) is 0 Å². The Kier molecular flexibility index (Phi) is 5.29. The average molecular weight is 299 g/mol. The third kappa shape index (κ3) is 3.32. The van der Waals surface area contributed by atoms with Gasteiger partial charge in [-0.15, -0.1) is 0 Å². The van der Waals surface area contributed by atoms with E-state index >= 15 is 0 Å². The molecule has 19 heavy (non-hydrogen) atoms. The van der Waals surface area contributed by atoms with Crippen LogP contribution in [0.5, 0.6) is 0 Å². The Hall–Kier alpha value is -0.539. The van der Waals surface area contributed by atoms with E-state index in [9.17, 15) is 0 Å². The van der Waals surface area contributed by atoms with Crippen LogP contribution in [-0.4, -0.2) is 15.3 Å². The summed E-state index contributed by atoms with van der Waals surface area (Å²) in [5, 5.41) is 2.67. The van der Waals surface area contributed by atoms with E-state index < -0.39 is 12.6 Å². The van der Waals surface area contributed by atoms with Gasteiger partial charge < -0.3 is 0 Å². The van der Waals surface area contributed by atoms with E-state index in [4.69, 9.17) is 0 Å². The van der Waals surface area contributed by atoms with Gasteiger partial charge in [0.15, 0.2) is 0 Å². The van der Waals surface area contributed by atoms with Gasteiger partial charge in [-0.1, -0.05) is 0 Å². The molecule has 0 radical (unpaired) electrons. The monoisotopic (exact) mass is 297 g/mol. The molecule has 2 aromatic rings. The van der Waals surface area contributed by atoms with Crippen LogP contribution in [0, 0.1) is 0 Å². The molecule has 0 amide bonds. The summed E-state index contributed by atoms with van der Waals surface area (Å²) in [6, 6.07) is 21.7. The van der Waals surface area contributed by atoms with Gasteiger partial charge in [-0.05, 0) is 0 Å². The standard InChI is InChI=1S/C12H10N.2C2H5.Li.Zn/c1-3-7-11(8-4-1)13-12-9-5-2-6-10-12;2*1-2;;/h1-10H;2*1H2,2H3;;/q-1;;;;+1. The summed E-state index contributed by atoms with van der Waals surface area (Å²) in [6.45, 7) is 4.73. The second kappa shape index (κ2) is 6.76. The van der Waals surface area contributed by atoms with Gasteiger partial charge in [0, 0.05) is 0 Å². The summed E-state index contributed by atoms with van der Waals surface area (Å²) in [7, 11) is 0. The molecule has 0 fully saturated rings. The number of anilines is 2. The topological polar surface area (TPSA) is 3.24 Å². The number of hydrogen-bond donors (Lipinski definition) is 0. The number of benzene rings is 2. The van der Waals surface area contributed by atoms with Crippen molar-refractivity contribution in [2.24, 2.45) is 0 Å². The van der Waals surface area contributed by atoms with Gasteiger partial charge in [-0.3, -0.25) is 0 Å². The molecular formula is C16H20LiNZn. The Morgan fingerprint density at radius 2 is 1.16 bits per heavy atom. The fraction of sp³-hybridized carbons (Fsp3) is 0.250. The van der Waals surface area contributed by atoms with Crippen LogP contribution < -0.4 is 3.64 Å². The minimum absolute atomic E-state index is 1.34. The van der Waals surface area contributed by atoms with Crippen LogP contribution >= 0.6 is 0 Å². The molecule has 92 valence electrons. The van der Waals surface area contributed by atoms with Gasteiger partial charge in [0.25, 0.3) is 0 Å². The fourth-order valence-corrected chi connectivity index (χ4v) is 11.0. The Morgan fingerprint density at radius 3 is 1.47 bits per heavy atom. The van der Waals surface area contributed by atoms with E-state index in [1.165, 1.54) is 21.4 Å². The van der Waals surface area contributed by atoms with Crippen molar-refractivity contribution in [3.8, 4) is 0 Å². The molecule has 0 saturated heterocycles. The molecule has 0 unspecified atom stereocenters. The zero-order valence-corrected chi connectivity index (χ0v) is 15.3. The fourth-order valence-electron chi connectivity index (χ4n) is 3.05. The molecule has 1 nitrogen and oxygen atoms in total. The number of hydrogen-bond acceptors (Lipinski definition) is 1. The van der Waals surface area contributed by atoms with E-state index in [0.29, 0.717) is 0 Å². The Balaban J connectivity index is 2.52. The minimum atomic E-state index is -2.40. The molecule has 0 aromatic heterocycles. The summed E-state index contributed by atoms with van der Waals surface area (Å²) in [5.41, 5.74) is 2.72. The first-order valence-corrected chi connectivity index (χ1v) is 16.2. The SMILES string of the molecule is [Li][Zn]([CH2]C)([CH2]C)[N](c1ccccc1)c1ccccc1. The van der Waals surface area contributed by atoms with Crippen LogP contribution in [0.25, 0.3) is 0 Å². The van der Waals surface area contributed by atoms with E-state index in [1.807, 2.05) is 0 Å². The van der Waals surface area contributed by atoms with Crippen molar-refractivity contribution in [3.05, 3.63) is 60.7 Å². The van der Waals surface area contributed by atoms with Crippen molar-refractivity contribution in [3.63, 3.8) is 0 Å². The number of para-hydroxylation sites is 2. The second-order valence-corrected chi connectivity index (χ2v) is 20.6. The summed E-state index contributed by atoms with van der Waals surface area (Å²) < 4.78 is 2.68. The van der Waals surface area contributed by atoms with E-state index in [1.54, 1.807) is 0 Å². The molecule has 0 spiro atoms. The Morgan fingerprint density at radius 1 is 0.789 bits per heavy atom. The van der Waals surface area contributed by atoms with Crippen molar-refractivity contribution in [2.75, 3.05) is 3.64 Å². The van der Waals surface area contributed by atoms with Gasteiger partial charge in [0.2, 0.25) is 0 Å². The molecule has 0 aliphatic heterocycles. The van der Waals surface area contributed by atoms with E-state index in [2.05, 4.69) is 93.4 Å².